The molecule has 0 atom stereocenters. The van der Waals surface area contributed by atoms with Crippen molar-refractivity contribution in [3.8, 4) is 0 Å². The Kier molecular flexibility index (Phi) is 4.92. The first kappa shape index (κ1) is 11.8. The minimum Gasteiger partial charge on any atom is -0.399 e. The molecule has 0 aromatic heterocycles. The van der Waals surface area contributed by atoms with E-state index in [9.17, 15) is 4.79 Å². The Morgan fingerprint density at radius 2 is 1.92 bits per heavy atom. The van der Waals surface area contributed by atoms with Crippen LogP contribution in [0.2, 0.25) is 0 Å². The van der Waals surface area contributed by atoms with E-state index in [2.05, 4.69) is 5.32 Å². The van der Waals surface area contributed by atoms with Gasteiger partial charge in [0, 0.05) is 19.2 Å². The van der Waals surface area contributed by atoms with Gasteiger partial charge in [0.25, 0.3) is 0 Å². The van der Waals surface area contributed by atoms with E-state index in [1.807, 2.05) is 24.3 Å². The van der Waals surface area contributed by atoms with E-state index in [4.69, 9.17) is 5.73 Å². The van der Waals surface area contributed by atoms with Crippen LogP contribution in [-0.2, 0) is 11.3 Å². The molecule has 4 heteroatoms. The minimum absolute atomic E-state index is 0. The maximum atomic E-state index is 10.5. The number of nitrogen functional groups attached to an aromatic ring is 1. The lowest BCUT2D eigenvalue weighted by Gasteiger charge is -2.01. The number of hydrogen-bond donors (Lipinski definition) is 2. The molecule has 1 rings (SSSR count). The Hall–Kier alpha value is -1.22. The standard InChI is InChI=1S/C9H12N2O.ClH/c1-7(12)11-6-8-2-4-9(10)5-3-8;/h2-5H,6,10H2,1H3,(H,11,12);1H. The van der Waals surface area contributed by atoms with Crippen molar-refractivity contribution in [1.82, 2.24) is 5.32 Å². The lowest BCUT2D eigenvalue weighted by atomic mass is 10.2. The molecule has 3 N–H and O–H groups in total. The van der Waals surface area contributed by atoms with Crippen LogP contribution in [0.4, 0.5) is 5.69 Å². The number of anilines is 1. The maximum Gasteiger partial charge on any atom is 0.217 e. The molecule has 0 bridgehead atoms. The van der Waals surface area contributed by atoms with E-state index < -0.39 is 0 Å². The molecule has 0 unspecified atom stereocenters. The van der Waals surface area contributed by atoms with Crippen molar-refractivity contribution in [3.63, 3.8) is 0 Å². The Labute approximate surface area is 83.7 Å². The summed E-state index contributed by atoms with van der Waals surface area (Å²) in [5.41, 5.74) is 7.29. The Bertz CT molecular complexity index is 271. The summed E-state index contributed by atoms with van der Waals surface area (Å²) in [6.07, 6.45) is 0. The fraction of sp³-hybridized carbons (Fsp3) is 0.222. The Morgan fingerprint density at radius 3 is 2.38 bits per heavy atom. The van der Waals surface area contributed by atoms with Crippen LogP contribution >= 0.6 is 12.4 Å². The van der Waals surface area contributed by atoms with Crippen LogP contribution < -0.4 is 11.1 Å². The van der Waals surface area contributed by atoms with Gasteiger partial charge >= 0.3 is 0 Å². The summed E-state index contributed by atoms with van der Waals surface area (Å²) in [4.78, 5) is 10.5. The van der Waals surface area contributed by atoms with Gasteiger partial charge in [0.2, 0.25) is 5.91 Å². The highest BCUT2D eigenvalue weighted by Crippen LogP contribution is 2.04. The summed E-state index contributed by atoms with van der Waals surface area (Å²) >= 11 is 0. The van der Waals surface area contributed by atoms with E-state index in [1.54, 1.807) is 0 Å². The number of carbonyl (C=O) groups is 1. The second-order valence-corrected chi connectivity index (χ2v) is 2.65. The van der Waals surface area contributed by atoms with Gasteiger partial charge in [-0.3, -0.25) is 4.79 Å². The summed E-state index contributed by atoms with van der Waals surface area (Å²) < 4.78 is 0. The Morgan fingerprint density at radius 1 is 1.38 bits per heavy atom. The number of hydrogen-bond acceptors (Lipinski definition) is 2. The molecule has 0 heterocycles. The molecule has 72 valence electrons. The van der Waals surface area contributed by atoms with E-state index in [1.165, 1.54) is 6.92 Å². The van der Waals surface area contributed by atoms with Crippen LogP contribution in [-0.4, -0.2) is 5.91 Å². The van der Waals surface area contributed by atoms with Crippen molar-refractivity contribution in [2.45, 2.75) is 13.5 Å². The van der Waals surface area contributed by atoms with E-state index in [0.29, 0.717) is 6.54 Å². The maximum absolute atomic E-state index is 10.5. The fourth-order valence-electron chi connectivity index (χ4n) is 0.862. The summed E-state index contributed by atoms with van der Waals surface area (Å²) in [5.74, 6) is -0.0215. The summed E-state index contributed by atoms with van der Waals surface area (Å²) in [6, 6.07) is 7.42. The molecule has 13 heavy (non-hydrogen) atoms. The van der Waals surface area contributed by atoms with E-state index >= 15 is 0 Å². The highest BCUT2D eigenvalue weighted by Gasteiger charge is 1.93. The quantitative estimate of drug-likeness (QED) is 0.708. The molecule has 0 aliphatic carbocycles. The van der Waals surface area contributed by atoms with E-state index in [-0.39, 0.29) is 18.3 Å². The van der Waals surface area contributed by atoms with Gasteiger partial charge in [-0.25, -0.2) is 0 Å². The van der Waals surface area contributed by atoms with Gasteiger partial charge in [0.1, 0.15) is 0 Å². The number of halogens is 1. The third-order valence-electron chi connectivity index (χ3n) is 1.52. The molecule has 0 aliphatic rings. The van der Waals surface area contributed by atoms with Gasteiger partial charge in [-0.05, 0) is 17.7 Å². The SMILES string of the molecule is CC(=O)NCc1ccc(N)cc1.Cl. The van der Waals surface area contributed by atoms with Crippen molar-refractivity contribution in [2.75, 3.05) is 5.73 Å². The average molecular weight is 201 g/mol. The Balaban J connectivity index is 0.00000144. The number of rotatable bonds is 2. The van der Waals surface area contributed by atoms with Gasteiger partial charge in [0.15, 0.2) is 0 Å². The average Bonchev–Trinajstić information content (AvgIpc) is 2.03. The van der Waals surface area contributed by atoms with Crippen molar-refractivity contribution in [3.05, 3.63) is 29.8 Å². The van der Waals surface area contributed by atoms with Crippen LogP contribution in [0.25, 0.3) is 0 Å². The molecule has 0 aliphatic heterocycles. The number of carbonyl (C=O) groups excluding carboxylic acids is 1. The zero-order chi connectivity index (χ0) is 8.97. The molecule has 3 nitrogen and oxygen atoms in total. The number of nitrogens with two attached hydrogens (primary N) is 1. The fourth-order valence-corrected chi connectivity index (χ4v) is 0.862. The largest absolute Gasteiger partial charge is 0.399 e. The first-order valence-electron chi connectivity index (χ1n) is 3.77. The van der Waals surface area contributed by atoms with Crippen LogP contribution in [0.3, 0.4) is 0 Å². The summed E-state index contributed by atoms with van der Waals surface area (Å²) in [6.45, 7) is 2.06. The predicted molar refractivity (Wildman–Crippen MR) is 55.6 cm³/mol. The monoisotopic (exact) mass is 200 g/mol. The van der Waals surface area contributed by atoms with Gasteiger partial charge < -0.3 is 11.1 Å². The zero-order valence-corrected chi connectivity index (χ0v) is 8.23. The van der Waals surface area contributed by atoms with Crippen LogP contribution in [0.15, 0.2) is 24.3 Å². The first-order chi connectivity index (χ1) is 5.68. The van der Waals surface area contributed by atoms with Crippen LogP contribution in [0.5, 0.6) is 0 Å². The summed E-state index contributed by atoms with van der Waals surface area (Å²) in [5, 5.41) is 2.70. The normalized spacial score (nSPS) is 8.69. The third kappa shape index (κ3) is 4.38. The molecular weight excluding hydrogens is 188 g/mol. The molecule has 0 radical (unpaired) electrons. The van der Waals surface area contributed by atoms with Crippen molar-refractivity contribution in [1.29, 1.82) is 0 Å². The molecule has 0 fully saturated rings. The molecule has 0 saturated heterocycles. The van der Waals surface area contributed by atoms with Crippen molar-refractivity contribution >= 4 is 24.0 Å². The van der Waals surface area contributed by atoms with Gasteiger partial charge in [-0.1, -0.05) is 12.1 Å². The molecule has 0 saturated carbocycles. The predicted octanol–water partition coefficient (Wildman–Crippen LogP) is 1.33. The molecule has 1 aromatic carbocycles. The van der Waals surface area contributed by atoms with E-state index in [0.717, 1.165) is 11.3 Å². The second kappa shape index (κ2) is 5.43. The van der Waals surface area contributed by atoms with Crippen LogP contribution in [0.1, 0.15) is 12.5 Å². The van der Waals surface area contributed by atoms with Crippen molar-refractivity contribution < 1.29 is 4.79 Å². The number of benzene rings is 1. The summed E-state index contributed by atoms with van der Waals surface area (Å²) in [7, 11) is 0. The zero-order valence-electron chi connectivity index (χ0n) is 7.41. The highest BCUT2D eigenvalue weighted by atomic mass is 35.5. The number of amides is 1. The van der Waals surface area contributed by atoms with Gasteiger partial charge in [-0.2, -0.15) is 0 Å². The van der Waals surface area contributed by atoms with Gasteiger partial charge in [0.05, 0.1) is 0 Å². The van der Waals surface area contributed by atoms with Gasteiger partial charge in [-0.15, -0.1) is 12.4 Å². The molecule has 1 aromatic rings. The minimum atomic E-state index is -0.0215. The molecule has 0 spiro atoms. The molecular formula is C9H13ClN2O. The smallest absolute Gasteiger partial charge is 0.217 e. The number of nitrogens with one attached hydrogen (secondary N) is 1. The lowest BCUT2D eigenvalue weighted by molar-refractivity contribution is -0.119. The highest BCUT2D eigenvalue weighted by molar-refractivity contribution is 5.85. The van der Waals surface area contributed by atoms with Crippen molar-refractivity contribution in [2.24, 2.45) is 0 Å². The van der Waals surface area contributed by atoms with Crippen LogP contribution in [0, 0.1) is 0 Å². The first-order valence-corrected chi connectivity index (χ1v) is 3.77. The molecule has 1 amide bonds. The second-order valence-electron chi connectivity index (χ2n) is 2.65. The third-order valence-corrected chi connectivity index (χ3v) is 1.52. The topological polar surface area (TPSA) is 55.1 Å². The lowest BCUT2D eigenvalue weighted by Crippen LogP contribution is -2.18.